The molecule has 136 valence electrons. The number of benzene rings is 1. The lowest BCUT2D eigenvalue weighted by Gasteiger charge is -2.24. The first-order valence-corrected chi connectivity index (χ1v) is 10.2. The van der Waals surface area contributed by atoms with Crippen molar-refractivity contribution in [2.75, 3.05) is 13.4 Å². The zero-order chi connectivity index (χ0) is 18.0. The van der Waals surface area contributed by atoms with Crippen molar-refractivity contribution in [3.63, 3.8) is 0 Å². The number of aryl methyl sites for hydroxylation is 1. The van der Waals surface area contributed by atoms with Crippen molar-refractivity contribution >= 4 is 16.1 Å². The fourth-order valence-corrected chi connectivity index (χ4v) is 3.46. The third-order valence-corrected chi connectivity index (χ3v) is 4.49. The van der Waals surface area contributed by atoms with E-state index in [9.17, 15) is 13.2 Å². The van der Waals surface area contributed by atoms with Crippen LogP contribution in [0.4, 0.5) is 0 Å². The van der Waals surface area contributed by atoms with E-state index in [-0.39, 0.29) is 0 Å². The fraction of sp³-hybridized carbons (Fsp3) is 0.611. The molecule has 0 aliphatic heterocycles. The summed E-state index contributed by atoms with van der Waals surface area (Å²) >= 11 is 0. The molecular formula is C18H28O5S. The molecule has 0 spiro atoms. The van der Waals surface area contributed by atoms with Gasteiger partial charge < -0.3 is 4.74 Å². The molecule has 0 aliphatic carbocycles. The Hall–Kier alpha value is -1.40. The molecule has 0 heterocycles. The first-order chi connectivity index (χ1) is 11.4. The SMILES string of the molecule is CCCC(C(=O)OC)C(CCCCc1ccccc1)OS(C)(=O)=O. The number of esters is 1. The lowest BCUT2D eigenvalue weighted by Crippen LogP contribution is -2.33. The summed E-state index contributed by atoms with van der Waals surface area (Å²) in [6.45, 7) is 1.95. The molecule has 1 aromatic carbocycles. The van der Waals surface area contributed by atoms with E-state index < -0.39 is 28.1 Å². The molecule has 0 aliphatic rings. The Labute approximate surface area is 145 Å². The molecule has 2 unspecified atom stereocenters. The van der Waals surface area contributed by atoms with E-state index >= 15 is 0 Å². The second-order valence-corrected chi connectivity index (χ2v) is 7.59. The number of methoxy groups -OCH3 is 1. The van der Waals surface area contributed by atoms with Crippen LogP contribution < -0.4 is 0 Å². The molecule has 0 fully saturated rings. The lowest BCUT2D eigenvalue weighted by molar-refractivity contribution is -0.149. The third kappa shape index (κ3) is 7.93. The van der Waals surface area contributed by atoms with Crippen molar-refractivity contribution in [2.24, 2.45) is 5.92 Å². The van der Waals surface area contributed by atoms with Gasteiger partial charge in [0, 0.05) is 0 Å². The summed E-state index contributed by atoms with van der Waals surface area (Å²) in [5, 5.41) is 0. The first-order valence-electron chi connectivity index (χ1n) is 8.37. The van der Waals surface area contributed by atoms with Gasteiger partial charge in [0.2, 0.25) is 0 Å². The second-order valence-electron chi connectivity index (χ2n) is 5.99. The Morgan fingerprint density at radius 2 is 1.79 bits per heavy atom. The van der Waals surface area contributed by atoms with Crippen LogP contribution in [0.5, 0.6) is 0 Å². The van der Waals surface area contributed by atoms with Crippen molar-refractivity contribution in [3.8, 4) is 0 Å². The number of carbonyl (C=O) groups is 1. The van der Waals surface area contributed by atoms with E-state index in [1.807, 2.05) is 25.1 Å². The molecular weight excluding hydrogens is 328 g/mol. The van der Waals surface area contributed by atoms with Gasteiger partial charge in [-0.05, 0) is 31.2 Å². The average Bonchev–Trinajstić information content (AvgIpc) is 2.54. The van der Waals surface area contributed by atoms with Gasteiger partial charge in [-0.3, -0.25) is 8.98 Å². The summed E-state index contributed by atoms with van der Waals surface area (Å²) < 4.78 is 33.1. The molecule has 0 amide bonds. The minimum absolute atomic E-state index is 0.409. The summed E-state index contributed by atoms with van der Waals surface area (Å²) in [4.78, 5) is 12.0. The summed E-state index contributed by atoms with van der Waals surface area (Å²) in [6.07, 6.45) is 4.79. The van der Waals surface area contributed by atoms with Crippen molar-refractivity contribution in [3.05, 3.63) is 35.9 Å². The molecule has 6 heteroatoms. The van der Waals surface area contributed by atoms with E-state index in [0.29, 0.717) is 12.8 Å². The number of unbranched alkanes of at least 4 members (excludes halogenated alkanes) is 1. The summed E-state index contributed by atoms with van der Waals surface area (Å²) in [7, 11) is -2.31. The van der Waals surface area contributed by atoms with Crippen LogP contribution in [0.2, 0.25) is 0 Å². The Bertz CT molecular complexity index is 583. The van der Waals surface area contributed by atoms with Crippen molar-refractivity contribution < 1.29 is 22.1 Å². The summed E-state index contributed by atoms with van der Waals surface area (Å²) in [5.74, 6) is -0.958. The standard InChI is InChI=1S/C18H28O5S/c1-4-10-16(18(19)22-2)17(23-24(3,20)21)14-9-8-13-15-11-6-5-7-12-15/h5-7,11-12,16-17H,4,8-10,13-14H2,1-3H3. The normalized spacial score (nSPS) is 14.1. The molecule has 0 bridgehead atoms. The van der Waals surface area contributed by atoms with E-state index in [1.54, 1.807) is 0 Å². The van der Waals surface area contributed by atoms with Gasteiger partial charge in [0.15, 0.2) is 0 Å². The van der Waals surface area contributed by atoms with Gasteiger partial charge >= 0.3 is 5.97 Å². The molecule has 5 nitrogen and oxygen atoms in total. The van der Waals surface area contributed by atoms with Gasteiger partial charge in [-0.1, -0.05) is 50.1 Å². The van der Waals surface area contributed by atoms with Crippen LogP contribution in [0, 0.1) is 5.92 Å². The minimum atomic E-state index is -3.63. The van der Waals surface area contributed by atoms with Gasteiger partial charge in [0.05, 0.1) is 25.4 Å². The Morgan fingerprint density at radius 3 is 2.33 bits per heavy atom. The molecule has 0 saturated carbocycles. The van der Waals surface area contributed by atoms with E-state index in [4.69, 9.17) is 8.92 Å². The predicted octanol–water partition coefficient (Wildman–Crippen LogP) is 3.33. The van der Waals surface area contributed by atoms with Crippen LogP contribution in [-0.4, -0.2) is 33.9 Å². The van der Waals surface area contributed by atoms with E-state index in [2.05, 4.69) is 12.1 Å². The quantitative estimate of drug-likeness (QED) is 0.345. The Kier molecular flexibility index (Phi) is 9.00. The molecule has 0 radical (unpaired) electrons. The number of ether oxygens (including phenoxy) is 1. The lowest BCUT2D eigenvalue weighted by atomic mass is 9.93. The highest BCUT2D eigenvalue weighted by Gasteiger charge is 2.31. The van der Waals surface area contributed by atoms with Gasteiger partial charge in [-0.25, -0.2) is 0 Å². The van der Waals surface area contributed by atoms with E-state index in [0.717, 1.165) is 31.9 Å². The topological polar surface area (TPSA) is 69.7 Å². The van der Waals surface area contributed by atoms with Crippen molar-refractivity contribution in [2.45, 2.75) is 51.6 Å². The monoisotopic (exact) mass is 356 g/mol. The van der Waals surface area contributed by atoms with Crippen LogP contribution >= 0.6 is 0 Å². The van der Waals surface area contributed by atoms with Gasteiger partial charge in [0.25, 0.3) is 10.1 Å². The highest BCUT2D eigenvalue weighted by atomic mass is 32.2. The van der Waals surface area contributed by atoms with Crippen molar-refractivity contribution in [1.29, 1.82) is 0 Å². The minimum Gasteiger partial charge on any atom is -0.469 e. The molecule has 2 atom stereocenters. The molecule has 1 rings (SSSR count). The summed E-state index contributed by atoms with van der Waals surface area (Å²) in [5.41, 5.74) is 1.25. The molecule has 0 N–H and O–H groups in total. The number of carbonyl (C=O) groups excluding carboxylic acids is 1. The van der Waals surface area contributed by atoms with Crippen molar-refractivity contribution in [1.82, 2.24) is 0 Å². The molecule has 24 heavy (non-hydrogen) atoms. The summed E-state index contributed by atoms with van der Waals surface area (Å²) in [6, 6.07) is 10.1. The van der Waals surface area contributed by atoms with Crippen LogP contribution in [-0.2, 0) is 30.3 Å². The maximum absolute atomic E-state index is 12.0. The molecule has 0 aromatic heterocycles. The smallest absolute Gasteiger partial charge is 0.311 e. The number of hydrogen-bond donors (Lipinski definition) is 0. The Morgan fingerprint density at radius 1 is 1.12 bits per heavy atom. The highest BCUT2D eigenvalue weighted by molar-refractivity contribution is 7.86. The van der Waals surface area contributed by atoms with Crippen LogP contribution in [0.25, 0.3) is 0 Å². The fourth-order valence-electron chi connectivity index (χ4n) is 2.78. The van der Waals surface area contributed by atoms with Crippen LogP contribution in [0.3, 0.4) is 0 Å². The predicted molar refractivity (Wildman–Crippen MR) is 94.1 cm³/mol. The second kappa shape index (κ2) is 10.5. The maximum atomic E-state index is 12.0. The zero-order valence-corrected chi connectivity index (χ0v) is 15.6. The largest absolute Gasteiger partial charge is 0.469 e. The van der Waals surface area contributed by atoms with Gasteiger partial charge in [-0.2, -0.15) is 8.42 Å². The number of hydrogen-bond acceptors (Lipinski definition) is 5. The maximum Gasteiger partial charge on any atom is 0.311 e. The van der Waals surface area contributed by atoms with Crippen LogP contribution in [0.15, 0.2) is 30.3 Å². The first kappa shape index (κ1) is 20.6. The van der Waals surface area contributed by atoms with E-state index in [1.165, 1.54) is 12.7 Å². The number of rotatable bonds is 11. The zero-order valence-electron chi connectivity index (χ0n) is 14.7. The highest BCUT2D eigenvalue weighted by Crippen LogP contribution is 2.23. The average molecular weight is 356 g/mol. The van der Waals surface area contributed by atoms with Gasteiger partial charge in [0.1, 0.15) is 0 Å². The Balaban J connectivity index is 2.65. The van der Waals surface area contributed by atoms with Crippen LogP contribution in [0.1, 0.15) is 44.6 Å². The third-order valence-electron chi connectivity index (χ3n) is 3.90. The molecule has 0 saturated heterocycles. The molecule has 1 aromatic rings. The van der Waals surface area contributed by atoms with Gasteiger partial charge in [-0.15, -0.1) is 0 Å².